The van der Waals surface area contributed by atoms with E-state index in [9.17, 15) is 0 Å². The quantitative estimate of drug-likeness (QED) is 0.901. The molecule has 20 heavy (non-hydrogen) atoms. The van der Waals surface area contributed by atoms with E-state index in [1.54, 1.807) is 0 Å². The summed E-state index contributed by atoms with van der Waals surface area (Å²) in [6.07, 6.45) is 6.52. The number of aryl methyl sites for hydroxylation is 2. The van der Waals surface area contributed by atoms with E-state index in [4.69, 9.17) is 0 Å². The van der Waals surface area contributed by atoms with Gasteiger partial charge in [-0.05, 0) is 55.5 Å². The van der Waals surface area contributed by atoms with Crippen LogP contribution in [-0.4, -0.2) is 11.0 Å². The van der Waals surface area contributed by atoms with E-state index in [0.29, 0.717) is 6.04 Å². The summed E-state index contributed by atoms with van der Waals surface area (Å²) in [7, 11) is 0. The van der Waals surface area contributed by atoms with Gasteiger partial charge in [0.05, 0.1) is 5.52 Å². The second-order valence-electron chi connectivity index (χ2n) is 5.99. The third-order valence-corrected chi connectivity index (χ3v) is 4.43. The topological polar surface area (TPSA) is 24.9 Å². The molecule has 0 unspecified atom stereocenters. The number of pyridine rings is 1. The molecule has 1 fully saturated rings. The third kappa shape index (κ3) is 2.85. The van der Waals surface area contributed by atoms with Crippen LogP contribution in [0.3, 0.4) is 0 Å². The van der Waals surface area contributed by atoms with Crippen molar-refractivity contribution in [2.45, 2.75) is 58.5 Å². The molecular weight excluding hydrogens is 244 g/mol. The maximum atomic E-state index is 4.66. The van der Waals surface area contributed by atoms with Crippen molar-refractivity contribution in [2.24, 2.45) is 0 Å². The molecule has 0 atom stereocenters. The molecule has 1 heterocycles. The molecule has 0 saturated heterocycles. The van der Waals surface area contributed by atoms with Crippen molar-refractivity contribution in [1.29, 1.82) is 0 Å². The second kappa shape index (κ2) is 5.92. The number of aromatic nitrogens is 1. The Hall–Kier alpha value is -1.41. The van der Waals surface area contributed by atoms with Gasteiger partial charge in [-0.2, -0.15) is 0 Å². The highest BCUT2D eigenvalue weighted by Gasteiger charge is 2.14. The summed E-state index contributed by atoms with van der Waals surface area (Å²) in [4.78, 5) is 4.66. The van der Waals surface area contributed by atoms with Gasteiger partial charge < -0.3 is 5.32 Å². The molecule has 2 nitrogen and oxygen atoms in total. The number of hydrogen-bond donors (Lipinski definition) is 1. The molecule has 0 amide bonds. The molecule has 1 N–H and O–H groups in total. The lowest BCUT2D eigenvalue weighted by molar-refractivity contribution is 0.525. The van der Waals surface area contributed by atoms with E-state index in [1.165, 1.54) is 42.2 Å². The smallest absolute Gasteiger partial charge is 0.0708 e. The SMILES string of the molecule is CCc1ccc2nc(C)cc(CNC3CCCC3)c2c1. The van der Waals surface area contributed by atoms with Crippen LogP contribution in [-0.2, 0) is 13.0 Å². The van der Waals surface area contributed by atoms with Gasteiger partial charge in [-0.1, -0.05) is 25.8 Å². The first-order valence-corrected chi connectivity index (χ1v) is 7.89. The zero-order valence-corrected chi connectivity index (χ0v) is 12.6. The summed E-state index contributed by atoms with van der Waals surface area (Å²) in [6.45, 7) is 5.27. The van der Waals surface area contributed by atoms with Crippen molar-refractivity contribution in [1.82, 2.24) is 10.3 Å². The van der Waals surface area contributed by atoms with Gasteiger partial charge in [0.1, 0.15) is 0 Å². The monoisotopic (exact) mass is 268 g/mol. The highest BCUT2D eigenvalue weighted by Crippen LogP contribution is 2.22. The van der Waals surface area contributed by atoms with Crippen LogP contribution < -0.4 is 5.32 Å². The van der Waals surface area contributed by atoms with Gasteiger partial charge in [0.15, 0.2) is 0 Å². The molecule has 1 saturated carbocycles. The lowest BCUT2D eigenvalue weighted by atomic mass is 10.0. The van der Waals surface area contributed by atoms with Crippen LogP contribution in [0, 0.1) is 6.92 Å². The third-order valence-electron chi connectivity index (χ3n) is 4.43. The number of rotatable bonds is 4. The molecular formula is C18H24N2. The van der Waals surface area contributed by atoms with Gasteiger partial charge in [0, 0.05) is 23.7 Å². The predicted octanol–water partition coefficient (Wildman–Crippen LogP) is 4.14. The maximum Gasteiger partial charge on any atom is 0.0708 e. The average Bonchev–Trinajstić information content (AvgIpc) is 2.97. The molecule has 0 bridgehead atoms. The minimum absolute atomic E-state index is 0.716. The molecule has 1 aliphatic rings. The molecule has 3 rings (SSSR count). The summed E-state index contributed by atoms with van der Waals surface area (Å²) < 4.78 is 0. The first kappa shape index (κ1) is 13.6. The Balaban J connectivity index is 1.90. The zero-order valence-electron chi connectivity index (χ0n) is 12.6. The Morgan fingerprint density at radius 3 is 2.75 bits per heavy atom. The first-order valence-electron chi connectivity index (χ1n) is 7.89. The van der Waals surface area contributed by atoms with Gasteiger partial charge in [0.25, 0.3) is 0 Å². The normalized spacial score (nSPS) is 16.1. The van der Waals surface area contributed by atoms with Crippen LogP contribution in [0.15, 0.2) is 24.3 Å². The average molecular weight is 268 g/mol. The second-order valence-corrected chi connectivity index (χ2v) is 5.99. The van der Waals surface area contributed by atoms with E-state index in [-0.39, 0.29) is 0 Å². The summed E-state index contributed by atoms with van der Waals surface area (Å²) in [5.41, 5.74) is 5.04. The lowest BCUT2D eigenvalue weighted by Crippen LogP contribution is -2.25. The Bertz CT molecular complexity index is 598. The van der Waals surface area contributed by atoms with Crippen LogP contribution in [0.2, 0.25) is 0 Å². The van der Waals surface area contributed by atoms with Crippen molar-refractivity contribution >= 4 is 10.9 Å². The predicted molar refractivity (Wildman–Crippen MR) is 85.0 cm³/mol. The first-order chi connectivity index (χ1) is 9.76. The Labute approximate surface area is 121 Å². The van der Waals surface area contributed by atoms with E-state index < -0.39 is 0 Å². The van der Waals surface area contributed by atoms with Gasteiger partial charge >= 0.3 is 0 Å². The van der Waals surface area contributed by atoms with Crippen molar-refractivity contribution < 1.29 is 0 Å². The van der Waals surface area contributed by atoms with Crippen LogP contribution in [0.25, 0.3) is 10.9 Å². The van der Waals surface area contributed by atoms with E-state index in [0.717, 1.165) is 24.2 Å². The maximum absolute atomic E-state index is 4.66. The van der Waals surface area contributed by atoms with Crippen molar-refractivity contribution in [3.05, 3.63) is 41.1 Å². The molecule has 0 spiro atoms. The minimum atomic E-state index is 0.716. The Morgan fingerprint density at radius 2 is 2.00 bits per heavy atom. The molecule has 0 radical (unpaired) electrons. The number of hydrogen-bond acceptors (Lipinski definition) is 2. The number of fused-ring (bicyclic) bond motifs is 1. The van der Waals surface area contributed by atoms with Gasteiger partial charge in [-0.15, -0.1) is 0 Å². The molecule has 2 heteroatoms. The van der Waals surface area contributed by atoms with Crippen LogP contribution >= 0.6 is 0 Å². The highest BCUT2D eigenvalue weighted by atomic mass is 14.9. The van der Waals surface area contributed by atoms with E-state index in [2.05, 4.69) is 48.4 Å². The molecule has 2 aromatic rings. The number of nitrogens with zero attached hydrogens (tertiary/aromatic N) is 1. The summed E-state index contributed by atoms with van der Waals surface area (Å²) in [5, 5.41) is 5.05. The fraction of sp³-hybridized carbons (Fsp3) is 0.500. The molecule has 1 aromatic carbocycles. The number of nitrogens with one attached hydrogen (secondary N) is 1. The standard InChI is InChI=1S/C18H24N2/c1-3-14-8-9-18-17(11-14)15(10-13(2)20-18)12-19-16-6-4-5-7-16/h8-11,16,19H,3-7,12H2,1-2H3. The molecule has 0 aliphatic heterocycles. The molecule has 106 valence electrons. The van der Waals surface area contributed by atoms with Crippen molar-refractivity contribution in [3.8, 4) is 0 Å². The van der Waals surface area contributed by atoms with Crippen LogP contribution in [0.5, 0.6) is 0 Å². The number of benzene rings is 1. The fourth-order valence-electron chi connectivity index (χ4n) is 3.24. The zero-order chi connectivity index (χ0) is 13.9. The van der Waals surface area contributed by atoms with Gasteiger partial charge in [-0.25, -0.2) is 0 Å². The largest absolute Gasteiger partial charge is 0.310 e. The molecule has 1 aromatic heterocycles. The van der Waals surface area contributed by atoms with Crippen LogP contribution in [0.4, 0.5) is 0 Å². The van der Waals surface area contributed by atoms with Crippen LogP contribution in [0.1, 0.15) is 49.4 Å². The van der Waals surface area contributed by atoms with Gasteiger partial charge in [0.2, 0.25) is 0 Å². The summed E-state index contributed by atoms with van der Waals surface area (Å²) >= 11 is 0. The lowest BCUT2D eigenvalue weighted by Gasteiger charge is -2.14. The molecule has 1 aliphatic carbocycles. The summed E-state index contributed by atoms with van der Waals surface area (Å²) in [5.74, 6) is 0. The van der Waals surface area contributed by atoms with E-state index in [1.807, 2.05) is 0 Å². The highest BCUT2D eigenvalue weighted by molar-refractivity contribution is 5.83. The van der Waals surface area contributed by atoms with Crippen molar-refractivity contribution in [2.75, 3.05) is 0 Å². The van der Waals surface area contributed by atoms with Crippen molar-refractivity contribution in [3.63, 3.8) is 0 Å². The Kier molecular flexibility index (Phi) is 4.02. The summed E-state index contributed by atoms with van der Waals surface area (Å²) in [6, 6.07) is 9.63. The van der Waals surface area contributed by atoms with E-state index >= 15 is 0 Å². The van der Waals surface area contributed by atoms with Gasteiger partial charge in [-0.3, -0.25) is 4.98 Å². The fourth-order valence-corrected chi connectivity index (χ4v) is 3.24. The minimum Gasteiger partial charge on any atom is -0.310 e. The Morgan fingerprint density at radius 1 is 1.20 bits per heavy atom.